The number of pyridine rings is 1. The van der Waals surface area contributed by atoms with Crippen molar-refractivity contribution in [2.24, 2.45) is 0 Å². The lowest BCUT2D eigenvalue weighted by Crippen LogP contribution is -2.34. The zero-order chi connectivity index (χ0) is 18.5. The van der Waals surface area contributed by atoms with Crippen LogP contribution in [0.4, 0.5) is 5.82 Å². The molecule has 1 atom stereocenters. The molecule has 8 heteroatoms. The second-order valence-corrected chi connectivity index (χ2v) is 6.05. The number of hydrogen-bond acceptors (Lipinski definition) is 6. The predicted octanol–water partition coefficient (Wildman–Crippen LogP) is 1.30. The van der Waals surface area contributed by atoms with Crippen molar-refractivity contribution in [2.45, 2.75) is 26.4 Å². The summed E-state index contributed by atoms with van der Waals surface area (Å²) in [5.41, 5.74) is -0.226. The van der Waals surface area contributed by atoms with E-state index in [1.54, 1.807) is 23.4 Å². The van der Waals surface area contributed by atoms with Gasteiger partial charge in [0.25, 0.3) is 17.3 Å². The van der Waals surface area contributed by atoms with E-state index >= 15 is 0 Å². The van der Waals surface area contributed by atoms with Crippen LogP contribution >= 0.6 is 0 Å². The van der Waals surface area contributed by atoms with Gasteiger partial charge in [0.15, 0.2) is 5.82 Å². The fraction of sp³-hybridized carbons (Fsp3) is 0.444. The average Bonchev–Trinajstić information content (AvgIpc) is 3.12. The van der Waals surface area contributed by atoms with Gasteiger partial charge in [-0.15, -0.1) is 0 Å². The molecule has 3 rings (SSSR count). The van der Waals surface area contributed by atoms with Crippen LogP contribution in [0.25, 0.3) is 0 Å². The molecule has 0 spiro atoms. The second kappa shape index (κ2) is 7.99. The maximum Gasteiger partial charge on any atom is 0.260 e. The van der Waals surface area contributed by atoms with Crippen molar-refractivity contribution in [3.8, 4) is 5.88 Å². The number of amides is 1. The Morgan fingerprint density at radius 3 is 2.85 bits per heavy atom. The molecule has 1 aliphatic heterocycles. The highest BCUT2D eigenvalue weighted by Crippen LogP contribution is 2.25. The monoisotopic (exact) mass is 357 g/mol. The number of aromatic nitrogens is 3. The van der Waals surface area contributed by atoms with Gasteiger partial charge in [-0.1, -0.05) is 0 Å². The number of hydrogen-bond donors (Lipinski definition) is 1. The Morgan fingerprint density at radius 1 is 1.35 bits per heavy atom. The molecule has 1 unspecified atom stereocenters. The van der Waals surface area contributed by atoms with E-state index in [2.05, 4.69) is 33.7 Å². The molecule has 138 valence electrons. The highest BCUT2D eigenvalue weighted by Gasteiger charge is 2.30. The number of likely N-dealkylation sites (tertiary alicyclic amines) is 1. The molecule has 26 heavy (non-hydrogen) atoms. The number of rotatable bonds is 6. The zero-order valence-corrected chi connectivity index (χ0v) is 15.0. The van der Waals surface area contributed by atoms with Crippen LogP contribution in [0.3, 0.4) is 0 Å². The van der Waals surface area contributed by atoms with Crippen LogP contribution in [0.2, 0.25) is 0 Å². The summed E-state index contributed by atoms with van der Waals surface area (Å²) in [6.07, 6.45) is 5.27. The van der Waals surface area contributed by atoms with Crippen molar-refractivity contribution in [3.63, 3.8) is 0 Å². The van der Waals surface area contributed by atoms with E-state index in [1.807, 2.05) is 0 Å². The van der Waals surface area contributed by atoms with Crippen molar-refractivity contribution in [3.05, 3.63) is 46.6 Å². The average molecular weight is 357 g/mol. The summed E-state index contributed by atoms with van der Waals surface area (Å²) in [5, 5.41) is 0. The molecule has 8 nitrogen and oxygen atoms in total. The lowest BCUT2D eigenvalue weighted by molar-refractivity contribution is 0.0769. The minimum absolute atomic E-state index is 0.150. The molecule has 1 fully saturated rings. The van der Waals surface area contributed by atoms with Gasteiger partial charge in [0.2, 0.25) is 0 Å². The highest BCUT2D eigenvalue weighted by atomic mass is 16.5. The smallest absolute Gasteiger partial charge is 0.260 e. The number of aromatic amines is 1. The van der Waals surface area contributed by atoms with Gasteiger partial charge in [0, 0.05) is 44.6 Å². The molecular weight excluding hydrogens is 334 g/mol. The van der Waals surface area contributed by atoms with Gasteiger partial charge in [0.05, 0.1) is 6.54 Å². The topological polar surface area (TPSA) is 91.4 Å². The van der Waals surface area contributed by atoms with E-state index in [-0.39, 0.29) is 23.1 Å². The molecule has 0 aromatic carbocycles. The maximum absolute atomic E-state index is 12.5. The van der Waals surface area contributed by atoms with E-state index in [9.17, 15) is 9.59 Å². The quantitative estimate of drug-likeness (QED) is 0.838. The molecule has 1 aliphatic rings. The van der Waals surface area contributed by atoms with Crippen LogP contribution in [0.15, 0.2) is 35.5 Å². The molecule has 0 aliphatic carbocycles. The van der Waals surface area contributed by atoms with Crippen LogP contribution in [0.5, 0.6) is 5.88 Å². The SMILES string of the molecule is CCN(CC)c1nccnc1OC1CCN(C(=O)c2ccc[nH]c2=O)C1. The Bertz CT molecular complexity index is 818. The molecule has 2 aromatic heterocycles. The molecule has 2 aromatic rings. The molecule has 3 heterocycles. The van der Waals surface area contributed by atoms with Crippen LogP contribution < -0.4 is 15.2 Å². The van der Waals surface area contributed by atoms with Crippen LogP contribution in [-0.4, -0.2) is 58.0 Å². The summed E-state index contributed by atoms with van der Waals surface area (Å²) in [4.78, 5) is 39.3. The van der Waals surface area contributed by atoms with E-state index in [0.29, 0.717) is 31.2 Å². The summed E-state index contributed by atoms with van der Waals surface area (Å²) >= 11 is 0. The third kappa shape index (κ3) is 3.68. The second-order valence-electron chi connectivity index (χ2n) is 6.05. The molecule has 1 saturated heterocycles. The Morgan fingerprint density at radius 2 is 2.12 bits per heavy atom. The van der Waals surface area contributed by atoms with Gasteiger partial charge < -0.3 is 19.5 Å². The Balaban J connectivity index is 1.70. The van der Waals surface area contributed by atoms with Crippen molar-refractivity contribution < 1.29 is 9.53 Å². The number of nitrogens with zero attached hydrogens (tertiary/aromatic N) is 4. The van der Waals surface area contributed by atoms with Gasteiger partial charge in [-0.2, -0.15) is 0 Å². The van der Waals surface area contributed by atoms with E-state index in [4.69, 9.17) is 4.74 Å². The fourth-order valence-electron chi connectivity index (χ4n) is 3.07. The van der Waals surface area contributed by atoms with Crippen LogP contribution in [0, 0.1) is 0 Å². The lowest BCUT2D eigenvalue weighted by Gasteiger charge is -2.23. The van der Waals surface area contributed by atoms with Crippen molar-refractivity contribution in [1.82, 2.24) is 19.9 Å². The third-order valence-corrected chi connectivity index (χ3v) is 4.47. The number of carbonyl (C=O) groups is 1. The molecule has 0 radical (unpaired) electrons. The van der Waals surface area contributed by atoms with Crippen LogP contribution in [-0.2, 0) is 0 Å². The normalized spacial score (nSPS) is 16.5. The predicted molar refractivity (Wildman–Crippen MR) is 97.6 cm³/mol. The molecule has 1 N–H and O–H groups in total. The fourth-order valence-corrected chi connectivity index (χ4v) is 3.07. The first kappa shape index (κ1) is 17.9. The Hall–Kier alpha value is -2.90. The zero-order valence-electron chi connectivity index (χ0n) is 15.0. The van der Waals surface area contributed by atoms with Crippen molar-refractivity contribution >= 4 is 11.7 Å². The van der Waals surface area contributed by atoms with Gasteiger partial charge in [-0.05, 0) is 26.0 Å². The van der Waals surface area contributed by atoms with Gasteiger partial charge in [0.1, 0.15) is 11.7 Å². The maximum atomic E-state index is 12.5. The first-order valence-corrected chi connectivity index (χ1v) is 8.83. The molecule has 1 amide bonds. The number of nitrogens with one attached hydrogen (secondary N) is 1. The molecular formula is C18H23N5O3. The molecule has 0 bridgehead atoms. The number of carbonyl (C=O) groups excluding carboxylic acids is 1. The number of ether oxygens (including phenoxy) is 1. The standard InChI is InChI=1S/C18H23N5O3/c1-3-22(4-2)15-17(21-10-9-19-15)26-13-7-11-23(12-13)18(25)14-6-5-8-20-16(14)24/h5-6,8-10,13H,3-4,7,11-12H2,1-2H3,(H,20,24). The van der Waals surface area contributed by atoms with Gasteiger partial charge in [-0.25, -0.2) is 9.97 Å². The number of H-pyrrole nitrogens is 1. The Kier molecular flexibility index (Phi) is 5.50. The lowest BCUT2D eigenvalue weighted by atomic mass is 10.2. The first-order chi connectivity index (χ1) is 12.6. The van der Waals surface area contributed by atoms with Gasteiger partial charge >= 0.3 is 0 Å². The van der Waals surface area contributed by atoms with E-state index < -0.39 is 0 Å². The minimum Gasteiger partial charge on any atom is -0.470 e. The summed E-state index contributed by atoms with van der Waals surface area (Å²) < 4.78 is 6.04. The largest absolute Gasteiger partial charge is 0.470 e. The van der Waals surface area contributed by atoms with Crippen LogP contribution in [0.1, 0.15) is 30.6 Å². The van der Waals surface area contributed by atoms with E-state index in [1.165, 1.54) is 12.3 Å². The first-order valence-electron chi connectivity index (χ1n) is 8.83. The minimum atomic E-state index is -0.375. The van der Waals surface area contributed by atoms with Gasteiger partial charge in [-0.3, -0.25) is 9.59 Å². The highest BCUT2D eigenvalue weighted by molar-refractivity contribution is 5.94. The molecule has 0 saturated carbocycles. The van der Waals surface area contributed by atoms with E-state index in [0.717, 1.165) is 13.1 Å². The van der Waals surface area contributed by atoms with Crippen molar-refractivity contribution in [1.29, 1.82) is 0 Å². The third-order valence-electron chi connectivity index (χ3n) is 4.47. The summed E-state index contributed by atoms with van der Waals surface area (Å²) in [6.45, 7) is 6.67. The summed E-state index contributed by atoms with van der Waals surface area (Å²) in [7, 11) is 0. The van der Waals surface area contributed by atoms with Crippen molar-refractivity contribution in [2.75, 3.05) is 31.1 Å². The Labute approximate surface area is 151 Å². The summed E-state index contributed by atoms with van der Waals surface area (Å²) in [6, 6.07) is 3.19. The summed E-state index contributed by atoms with van der Waals surface area (Å²) in [5.74, 6) is 0.913. The number of anilines is 1.